The lowest BCUT2D eigenvalue weighted by Crippen LogP contribution is -1.98. The molecule has 0 fully saturated rings. The van der Waals surface area contributed by atoms with Gasteiger partial charge in [0, 0.05) is 5.02 Å². The second kappa shape index (κ2) is 4.15. The summed E-state index contributed by atoms with van der Waals surface area (Å²) in [5.41, 5.74) is 2.62. The third kappa shape index (κ3) is 2.47. The van der Waals surface area contributed by atoms with E-state index in [1.165, 1.54) is 11.1 Å². The Morgan fingerprint density at radius 2 is 1.77 bits per heavy atom. The van der Waals surface area contributed by atoms with Gasteiger partial charge in [0.25, 0.3) is 0 Å². The SMILES string of the molecule is [CH2]C(C)c1cc(Cl)ccc1C(C)C. The van der Waals surface area contributed by atoms with Crippen LogP contribution in [-0.2, 0) is 0 Å². The van der Waals surface area contributed by atoms with E-state index in [9.17, 15) is 0 Å². The predicted octanol–water partition coefficient (Wildman–Crippen LogP) is 4.40. The van der Waals surface area contributed by atoms with Gasteiger partial charge in [-0.2, -0.15) is 0 Å². The third-order valence-corrected chi connectivity index (χ3v) is 2.44. The van der Waals surface area contributed by atoms with Crippen molar-refractivity contribution in [3.05, 3.63) is 41.3 Å². The summed E-state index contributed by atoms with van der Waals surface area (Å²) in [4.78, 5) is 0. The Hall–Kier alpha value is -0.490. The fourth-order valence-electron chi connectivity index (χ4n) is 1.50. The lowest BCUT2D eigenvalue weighted by molar-refractivity contribution is 0.821. The van der Waals surface area contributed by atoms with Crippen molar-refractivity contribution >= 4 is 11.6 Å². The van der Waals surface area contributed by atoms with Gasteiger partial charge in [-0.1, -0.05) is 38.4 Å². The monoisotopic (exact) mass is 195 g/mol. The first-order valence-electron chi connectivity index (χ1n) is 4.64. The van der Waals surface area contributed by atoms with E-state index in [0.717, 1.165) is 5.02 Å². The zero-order chi connectivity index (χ0) is 10.0. The van der Waals surface area contributed by atoms with Crippen molar-refractivity contribution in [3.63, 3.8) is 0 Å². The molecule has 1 atom stereocenters. The van der Waals surface area contributed by atoms with Gasteiger partial charge in [-0.05, 0) is 42.0 Å². The van der Waals surface area contributed by atoms with Crippen LogP contribution in [0.3, 0.4) is 0 Å². The normalized spacial score (nSPS) is 11.3. The first-order valence-corrected chi connectivity index (χ1v) is 5.02. The van der Waals surface area contributed by atoms with Gasteiger partial charge in [-0.15, -0.1) is 0 Å². The molecule has 0 aliphatic carbocycles. The summed E-state index contributed by atoms with van der Waals surface area (Å²) < 4.78 is 0. The summed E-state index contributed by atoms with van der Waals surface area (Å²) in [5, 5.41) is 0.801. The first kappa shape index (κ1) is 10.6. The van der Waals surface area contributed by atoms with Crippen LogP contribution in [-0.4, -0.2) is 0 Å². The molecule has 1 aromatic rings. The Kier molecular flexibility index (Phi) is 3.38. The third-order valence-electron chi connectivity index (χ3n) is 2.20. The minimum atomic E-state index is 0.302. The van der Waals surface area contributed by atoms with Gasteiger partial charge in [0.1, 0.15) is 0 Å². The molecular formula is C12H16Cl. The summed E-state index contributed by atoms with van der Waals surface area (Å²) in [6, 6.07) is 6.07. The van der Waals surface area contributed by atoms with Gasteiger partial charge in [-0.25, -0.2) is 0 Å². The molecule has 0 aliphatic rings. The number of rotatable bonds is 2. The van der Waals surface area contributed by atoms with Crippen LogP contribution in [0, 0.1) is 6.92 Å². The van der Waals surface area contributed by atoms with E-state index in [-0.39, 0.29) is 0 Å². The van der Waals surface area contributed by atoms with E-state index in [2.05, 4.69) is 33.8 Å². The van der Waals surface area contributed by atoms with E-state index in [1.807, 2.05) is 12.1 Å². The Bertz CT molecular complexity index is 287. The maximum atomic E-state index is 5.94. The van der Waals surface area contributed by atoms with Crippen molar-refractivity contribution in [2.24, 2.45) is 0 Å². The topological polar surface area (TPSA) is 0 Å². The highest BCUT2D eigenvalue weighted by atomic mass is 35.5. The maximum absolute atomic E-state index is 5.94. The molecule has 1 radical (unpaired) electrons. The zero-order valence-corrected chi connectivity index (χ0v) is 9.23. The maximum Gasteiger partial charge on any atom is 0.0409 e. The fraction of sp³-hybridized carbons (Fsp3) is 0.417. The first-order chi connectivity index (χ1) is 6.02. The second-order valence-electron chi connectivity index (χ2n) is 3.83. The standard InChI is InChI=1S/C12H16Cl/c1-8(2)11-6-5-10(13)7-12(11)9(3)4/h5-9H,3H2,1-2,4H3. The molecule has 0 saturated heterocycles. The highest BCUT2D eigenvalue weighted by Gasteiger charge is 2.09. The smallest absolute Gasteiger partial charge is 0.0409 e. The largest absolute Gasteiger partial charge is 0.0843 e. The molecule has 13 heavy (non-hydrogen) atoms. The van der Waals surface area contributed by atoms with E-state index < -0.39 is 0 Å². The van der Waals surface area contributed by atoms with Gasteiger partial charge in [-0.3, -0.25) is 0 Å². The summed E-state index contributed by atoms with van der Waals surface area (Å²) in [7, 11) is 0. The van der Waals surface area contributed by atoms with Gasteiger partial charge < -0.3 is 0 Å². The molecule has 0 bridgehead atoms. The zero-order valence-electron chi connectivity index (χ0n) is 8.47. The summed E-state index contributed by atoms with van der Waals surface area (Å²) in [5.74, 6) is 0.840. The molecule has 0 amide bonds. The van der Waals surface area contributed by atoms with Crippen LogP contribution in [0.5, 0.6) is 0 Å². The Morgan fingerprint density at radius 1 is 1.15 bits per heavy atom. The molecule has 1 aromatic carbocycles. The van der Waals surface area contributed by atoms with E-state index in [1.54, 1.807) is 0 Å². The van der Waals surface area contributed by atoms with Crippen LogP contribution in [0.4, 0.5) is 0 Å². The summed E-state index contributed by atoms with van der Waals surface area (Å²) in [6.07, 6.45) is 0. The van der Waals surface area contributed by atoms with Gasteiger partial charge >= 0.3 is 0 Å². The molecule has 0 saturated carbocycles. The molecule has 1 unspecified atom stereocenters. The van der Waals surface area contributed by atoms with Gasteiger partial charge in [0.05, 0.1) is 0 Å². The average molecular weight is 196 g/mol. The molecule has 0 aromatic heterocycles. The molecule has 71 valence electrons. The van der Waals surface area contributed by atoms with E-state index >= 15 is 0 Å². The van der Waals surface area contributed by atoms with Crippen molar-refractivity contribution in [1.29, 1.82) is 0 Å². The molecule has 1 rings (SSSR count). The molecule has 0 spiro atoms. The van der Waals surface area contributed by atoms with Crippen molar-refractivity contribution in [2.45, 2.75) is 32.6 Å². The van der Waals surface area contributed by atoms with Crippen molar-refractivity contribution in [3.8, 4) is 0 Å². The highest BCUT2D eigenvalue weighted by Crippen LogP contribution is 2.28. The van der Waals surface area contributed by atoms with Gasteiger partial charge in [0.15, 0.2) is 0 Å². The number of hydrogen-bond donors (Lipinski definition) is 0. The van der Waals surface area contributed by atoms with Gasteiger partial charge in [0.2, 0.25) is 0 Å². The van der Waals surface area contributed by atoms with Crippen LogP contribution in [0.1, 0.15) is 43.7 Å². The van der Waals surface area contributed by atoms with Crippen LogP contribution in [0.2, 0.25) is 5.02 Å². The number of benzene rings is 1. The average Bonchev–Trinajstić information content (AvgIpc) is 2.03. The van der Waals surface area contributed by atoms with Crippen molar-refractivity contribution in [1.82, 2.24) is 0 Å². The number of halogens is 1. The van der Waals surface area contributed by atoms with E-state index in [0.29, 0.717) is 11.8 Å². The Balaban J connectivity index is 3.19. The van der Waals surface area contributed by atoms with Crippen molar-refractivity contribution < 1.29 is 0 Å². The minimum Gasteiger partial charge on any atom is -0.0843 e. The lowest BCUT2D eigenvalue weighted by Gasteiger charge is -2.15. The fourth-order valence-corrected chi connectivity index (χ4v) is 1.68. The lowest BCUT2D eigenvalue weighted by atomic mass is 9.91. The molecular weight excluding hydrogens is 180 g/mol. The van der Waals surface area contributed by atoms with Crippen LogP contribution < -0.4 is 0 Å². The number of hydrogen-bond acceptors (Lipinski definition) is 0. The molecule has 0 nitrogen and oxygen atoms in total. The van der Waals surface area contributed by atoms with Crippen LogP contribution in [0.25, 0.3) is 0 Å². The predicted molar refractivity (Wildman–Crippen MR) is 59.3 cm³/mol. The van der Waals surface area contributed by atoms with Crippen LogP contribution in [0.15, 0.2) is 18.2 Å². The van der Waals surface area contributed by atoms with Crippen molar-refractivity contribution in [2.75, 3.05) is 0 Å². The molecule has 0 aliphatic heterocycles. The Labute approximate surface area is 85.9 Å². The second-order valence-corrected chi connectivity index (χ2v) is 4.27. The highest BCUT2D eigenvalue weighted by molar-refractivity contribution is 6.30. The quantitative estimate of drug-likeness (QED) is 0.656. The summed E-state index contributed by atoms with van der Waals surface area (Å²) in [6.45, 7) is 10.5. The minimum absolute atomic E-state index is 0.302. The van der Waals surface area contributed by atoms with Crippen LogP contribution >= 0.6 is 11.6 Å². The summed E-state index contributed by atoms with van der Waals surface area (Å²) >= 11 is 5.94. The molecule has 1 heteroatoms. The Morgan fingerprint density at radius 3 is 2.23 bits per heavy atom. The van der Waals surface area contributed by atoms with E-state index in [4.69, 9.17) is 11.6 Å². The molecule has 0 N–H and O–H groups in total. The molecule has 0 heterocycles.